The Labute approximate surface area is 150 Å². The van der Waals surface area contributed by atoms with E-state index in [0.29, 0.717) is 0 Å². The maximum atomic E-state index is 12.6. The second-order valence-electron chi connectivity index (χ2n) is 7.08. The molecule has 134 valence electrons. The number of benzene rings is 1. The SMILES string of the molecule is Cc1ccc(C2OCCCC2NC(=O)C2CCCC(N)C2)cc1.Cl. The van der Waals surface area contributed by atoms with Crippen LogP contribution < -0.4 is 11.1 Å². The van der Waals surface area contributed by atoms with Crippen molar-refractivity contribution in [2.45, 2.75) is 63.6 Å². The molecule has 1 heterocycles. The molecule has 4 nitrogen and oxygen atoms in total. The zero-order valence-electron chi connectivity index (χ0n) is 14.4. The van der Waals surface area contributed by atoms with Crippen molar-refractivity contribution in [1.82, 2.24) is 5.32 Å². The Balaban J connectivity index is 0.00000208. The van der Waals surface area contributed by atoms with Crippen molar-refractivity contribution in [2.75, 3.05) is 6.61 Å². The predicted molar refractivity (Wildman–Crippen MR) is 98.2 cm³/mol. The van der Waals surface area contributed by atoms with E-state index in [1.165, 1.54) is 5.56 Å². The molecule has 0 spiro atoms. The van der Waals surface area contributed by atoms with Gasteiger partial charge in [0.1, 0.15) is 6.10 Å². The molecular formula is C19H29ClN2O2. The van der Waals surface area contributed by atoms with Crippen LogP contribution in [0.2, 0.25) is 0 Å². The first-order chi connectivity index (χ1) is 11.1. The first kappa shape index (κ1) is 19.2. The van der Waals surface area contributed by atoms with Gasteiger partial charge in [-0.3, -0.25) is 4.79 Å². The van der Waals surface area contributed by atoms with Crippen LogP contribution in [0.25, 0.3) is 0 Å². The third-order valence-electron chi connectivity index (χ3n) is 5.14. The molecule has 4 atom stereocenters. The number of hydrogen-bond donors (Lipinski definition) is 2. The van der Waals surface area contributed by atoms with Crippen LogP contribution in [0.4, 0.5) is 0 Å². The lowest BCUT2D eigenvalue weighted by molar-refractivity contribution is -0.129. The van der Waals surface area contributed by atoms with E-state index in [4.69, 9.17) is 10.5 Å². The first-order valence-corrected chi connectivity index (χ1v) is 8.87. The number of carbonyl (C=O) groups excluding carboxylic acids is 1. The molecule has 1 aliphatic carbocycles. The van der Waals surface area contributed by atoms with Crippen LogP contribution in [0.3, 0.4) is 0 Å². The van der Waals surface area contributed by atoms with Gasteiger partial charge in [0, 0.05) is 18.6 Å². The Morgan fingerprint density at radius 3 is 2.62 bits per heavy atom. The highest BCUT2D eigenvalue weighted by Gasteiger charge is 2.32. The zero-order valence-corrected chi connectivity index (χ0v) is 15.2. The number of nitrogens with one attached hydrogen (secondary N) is 1. The fraction of sp³-hybridized carbons (Fsp3) is 0.632. The van der Waals surface area contributed by atoms with Gasteiger partial charge < -0.3 is 15.8 Å². The number of amides is 1. The Morgan fingerprint density at radius 1 is 1.17 bits per heavy atom. The van der Waals surface area contributed by atoms with Crippen LogP contribution >= 0.6 is 12.4 Å². The van der Waals surface area contributed by atoms with E-state index in [9.17, 15) is 4.79 Å². The average Bonchev–Trinajstić information content (AvgIpc) is 2.56. The molecule has 1 saturated heterocycles. The molecule has 0 radical (unpaired) electrons. The van der Waals surface area contributed by atoms with Crippen LogP contribution in [0.5, 0.6) is 0 Å². The van der Waals surface area contributed by atoms with Gasteiger partial charge in [0.05, 0.1) is 6.04 Å². The lowest BCUT2D eigenvalue weighted by Crippen LogP contribution is -2.46. The minimum Gasteiger partial charge on any atom is -0.371 e. The van der Waals surface area contributed by atoms with Gasteiger partial charge in [-0.25, -0.2) is 0 Å². The minimum absolute atomic E-state index is 0. The third kappa shape index (κ3) is 4.71. The van der Waals surface area contributed by atoms with Crippen LogP contribution in [-0.2, 0) is 9.53 Å². The number of halogens is 1. The highest BCUT2D eigenvalue weighted by Crippen LogP contribution is 2.30. The van der Waals surface area contributed by atoms with Crippen LogP contribution in [0, 0.1) is 12.8 Å². The van der Waals surface area contributed by atoms with E-state index in [-0.39, 0.29) is 42.4 Å². The Kier molecular flexibility index (Phi) is 7.08. The summed E-state index contributed by atoms with van der Waals surface area (Å²) in [6.45, 7) is 2.84. The molecule has 1 aromatic carbocycles. The van der Waals surface area contributed by atoms with Crippen molar-refractivity contribution >= 4 is 18.3 Å². The monoisotopic (exact) mass is 352 g/mol. The Bertz CT molecular complexity index is 535. The molecule has 0 bridgehead atoms. The summed E-state index contributed by atoms with van der Waals surface area (Å²) in [5.41, 5.74) is 8.41. The quantitative estimate of drug-likeness (QED) is 0.877. The summed E-state index contributed by atoms with van der Waals surface area (Å²) in [4.78, 5) is 12.6. The largest absolute Gasteiger partial charge is 0.371 e. The topological polar surface area (TPSA) is 64.3 Å². The fourth-order valence-electron chi connectivity index (χ4n) is 3.78. The lowest BCUT2D eigenvalue weighted by atomic mass is 9.85. The summed E-state index contributed by atoms with van der Waals surface area (Å²) < 4.78 is 5.99. The lowest BCUT2D eigenvalue weighted by Gasteiger charge is -2.34. The van der Waals surface area contributed by atoms with E-state index in [0.717, 1.165) is 50.7 Å². The molecule has 1 aromatic rings. The third-order valence-corrected chi connectivity index (χ3v) is 5.14. The second-order valence-corrected chi connectivity index (χ2v) is 7.08. The summed E-state index contributed by atoms with van der Waals surface area (Å²) >= 11 is 0. The number of nitrogens with two attached hydrogens (primary N) is 1. The van der Waals surface area contributed by atoms with Gasteiger partial charge in [0.2, 0.25) is 5.91 Å². The van der Waals surface area contributed by atoms with Crippen LogP contribution in [0.15, 0.2) is 24.3 Å². The number of carbonyl (C=O) groups is 1. The van der Waals surface area contributed by atoms with Crippen molar-refractivity contribution in [3.63, 3.8) is 0 Å². The summed E-state index contributed by atoms with van der Waals surface area (Å²) in [6, 6.07) is 8.67. The van der Waals surface area contributed by atoms with Crippen LogP contribution in [0.1, 0.15) is 55.8 Å². The van der Waals surface area contributed by atoms with E-state index in [1.54, 1.807) is 0 Å². The van der Waals surface area contributed by atoms with Crippen molar-refractivity contribution in [1.29, 1.82) is 0 Å². The summed E-state index contributed by atoms with van der Waals surface area (Å²) in [6.07, 6.45) is 5.81. The average molecular weight is 353 g/mol. The van der Waals surface area contributed by atoms with Crippen molar-refractivity contribution in [3.05, 3.63) is 35.4 Å². The summed E-state index contributed by atoms with van der Waals surface area (Å²) in [5, 5.41) is 3.25. The van der Waals surface area contributed by atoms with E-state index in [2.05, 4.69) is 36.5 Å². The molecule has 24 heavy (non-hydrogen) atoms. The molecule has 5 heteroatoms. The van der Waals surface area contributed by atoms with Crippen molar-refractivity contribution < 1.29 is 9.53 Å². The molecule has 1 saturated carbocycles. The fourth-order valence-corrected chi connectivity index (χ4v) is 3.78. The molecule has 1 amide bonds. The molecule has 2 aliphatic rings. The standard InChI is InChI=1S/C19H28N2O2.ClH/c1-13-7-9-14(10-8-13)18-17(6-3-11-23-18)21-19(22)15-4-2-5-16(20)12-15;/h7-10,15-18H,2-6,11-12,20H2,1H3,(H,21,22);1H. The van der Waals surface area contributed by atoms with Gasteiger partial charge in [0.15, 0.2) is 0 Å². The Morgan fingerprint density at radius 2 is 1.92 bits per heavy atom. The Hall–Kier alpha value is -1.10. The molecule has 4 unspecified atom stereocenters. The number of rotatable bonds is 3. The molecule has 2 fully saturated rings. The second kappa shape index (κ2) is 8.84. The predicted octanol–water partition coefficient (Wildman–Crippen LogP) is 3.27. The van der Waals surface area contributed by atoms with E-state index in [1.807, 2.05) is 0 Å². The molecule has 1 aliphatic heterocycles. The maximum Gasteiger partial charge on any atom is 0.223 e. The normalized spacial score (nSPS) is 30.2. The molecule has 3 rings (SSSR count). The number of ether oxygens (including phenoxy) is 1. The van der Waals surface area contributed by atoms with Gasteiger partial charge in [-0.05, 0) is 44.6 Å². The van der Waals surface area contributed by atoms with Crippen molar-refractivity contribution in [3.8, 4) is 0 Å². The van der Waals surface area contributed by atoms with Gasteiger partial charge >= 0.3 is 0 Å². The summed E-state index contributed by atoms with van der Waals surface area (Å²) in [7, 11) is 0. The molecular weight excluding hydrogens is 324 g/mol. The van der Waals surface area contributed by atoms with Gasteiger partial charge in [-0.1, -0.05) is 36.2 Å². The number of aryl methyl sites for hydroxylation is 1. The number of hydrogen-bond acceptors (Lipinski definition) is 3. The smallest absolute Gasteiger partial charge is 0.223 e. The van der Waals surface area contributed by atoms with E-state index >= 15 is 0 Å². The van der Waals surface area contributed by atoms with Gasteiger partial charge in [-0.15, -0.1) is 12.4 Å². The first-order valence-electron chi connectivity index (χ1n) is 8.87. The van der Waals surface area contributed by atoms with Crippen LogP contribution in [-0.4, -0.2) is 24.6 Å². The zero-order chi connectivity index (χ0) is 16.2. The maximum absolute atomic E-state index is 12.6. The highest BCUT2D eigenvalue weighted by atomic mass is 35.5. The van der Waals surface area contributed by atoms with Gasteiger partial charge in [-0.2, -0.15) is 0 Å². The van der Waals surface area contributed by atoms with E-state index < -0.39 is 0 Å². The van der Waals surface area contributed by atoms with Crippen molar-refractivity contribution in [2.24, 2.45) is 11.7 Å². The highest BCUT2D eigenvalue weighted by molar-refractivity contribution is 5.85. The van der Waals surface area contributed by atoms with Gasteiger partial charge in [0.25, 0.3) is 0 Å². The molecule has 3 N–H and O–H groups in total. The molecule has 0 aromatic heterocycles. The minimum atomic E-state index is -0.0365. The summed E-state index contributed by atoms with van der Waals surface area (Å²) in [5.74, 6) is 0.229.